The summed E-state index contributed by atoms with van der Waals surface area (Å²) in [6.45, 7) is 3.42. The van der Waals surface area contributed by atoms with Gasteiger partial charge in [0.15, 0.2) is 6.61 Å². The number of benzene rings is 1. The summed E-state index contributed by atoms with van der Waals surface area (Å²) in [7, 11) is 0. The molecule has 1 atom stereocenters. The Morgan fingerprint density at radius 1 is 1.07 bits per heavy atom. The van der Waals surface area contributed by atoms with Crippen molar-refractivity contribution in [2.24, 2.45) is 5.92 Å². The molecule has 0 aromatic heterocycles. The van der Waals surface area contributed by atoms with E-state index in [4.69, 9.17) is 4.74 Å². The van der Waals surface area contributed by atoms with Gasteiger partial charge in [-0.05, 0) is 30.9 Å². The van der Waals surface area contributed by atoms with Gasteiger partial charge in [0.05, 0.1) is 11.1 Å². The van der Waals surface area contributed by atoms with E-state index in [2.05, 4.69) is 0 Å². The summed E-state index contributed by atoms with van der Waals surface area (Å²) in [5.74, 6) is -2.82. The van der Waals surface area contributed by atoms with Gasteiger partial charge in [0.2, 0.25) is 5.91 Å². The number of amides is 4. The van der Waals surface area contributed by atoms with Crippen LogP contribution in [0.4, 0.5) is 0 Å². The van der Waals surface area contributed by atoms with Crippen LogP contribution < -0.4 is 0 Å². The molecule has 1 saturated heterocycles. The molecule has 4 amide bonds. The third-order valence-electron chi connectivity index (χ3n) is 4.82. The van der Waals surface area contributed by atoms with Crippen molar-refractivity contribution in [2.45, 2.75) is 39.2 Å². The number of rotatable bonds is 6. The summed E-state index contributed by atoms with van der Waals surface area (Å²) in [6, 6.07) is 5.24. The highest BCUT2D eigenvalue weighted by atomic mass is 16.5. The molecule has 0 spiro atoms. The number of hydrogen-bond donors (Lipinski definition) is 0. The Bertz CT molecular complexity index is 812. The lowest BCUT2D eigenvalue weighted by molar-refractivity contribution is -0.157. The fourth-order valence-corrected chi connectivity index (χ4v) is 3.46. The maximum Gasteiger partial charge on any atom is 0.329 e. The molecule has 0 radical (unpaired) electrons. The normalized spacial score (nSPS) is 17.3. The third-order valence-corrected chi connectivity index (χ3v) is 4.82. The third kappa shape index (κ3) is 3.67. The number of ether oxygens (including phenoxy) is 1. The molecule has 0 saturated carbocycles. The van der Waals surface area contributed by atoms with E-state index in [-0.39, 0.29) is 29.4 Å². The first kappa shape index (κ1) is 19.7. The molecule has 1 aromatic carbocycles. The summed E-state index contributed by atoms with van der Waals surface area (Å²) in [5.41, 5.74) is 0.487. The van der Waals surface area contributed by atoms with Crippen LogP contribution in [0, 0.1) is 5.92 Å². The van der Waals surface area contributed by atoms with Gasteiger partial charge < -0.3 is 4.74 Å². The molecule has 8 heteroatoms. The average Bonchev–Trinajstić information content (AvgIpc) is 3.20. The highest BCUT2D eigenvalue weighted by Gasteiger charge is 2.43. The highest BCUT2D eigenvalue weighted by Crippen LogP contribution is 2.27. The Hall–Kier alpha value is -3.03. The Morgan fingerprint density at radius 2 is 1.68 bits per heavy atom. The maximum absolute atomic E-state index is 12.7. The predicted molar refractivity (Wildman–Crippen MR) is 97.1 cm³/mol. The largest absolute Gasteiger partial charge is 0.454 e. The minimum atomic E-state index is -1.13. The van der Waals surface area contributed by atoms with E-state index in [1.165, 1.54) is 12.1 Å². The Kier molecular flexibility index (Phi) is 5.58. The van der Waals surface area contributed by atoms with Gasteiger partial charge in [-0.3, -0.25) is 29.0 Å². The van der Waals surface area contributed by atoms with Crippen LogP contribution in [0.3, 0.4) is 0 Å². The smallest absolute Gasteiger partial charge is 0.329 e. The minimum Gasteiger partial charge on any atom is -0.454 e. The summed E-state index contributed by atoms with van der Waals surface area (Å²) in [6.07, 6.45) is 1.09. The number of fused-ring (bicyclic) bond motifs is 1. The molecule has 1 fully saturated rings. The van der Waals surface area contributed by atoms with Gasteiger partial charge in [0, 0.05) is 13.0 Å². The van der Waals surface area contributed by atoms with Gasteiger partial charge in [0.1, 0.15) is 6.04 Å². The van der Waals surface area contributed by atoms with Gasteiger partial charge in [-0.15, -0.1) is 0 Å². The molecule has 2 heterocycles. The van der Waals surface area contributed by atoms with E-state index in [1.807, 2.05) is 13.8 Å². The quantitative estimate of drug-likeness (QED) is 0.541. The van der Waals surface area contributed by atoms with Crippen LogP contribution in [-0.2, 0) is 19.1 Å². The van der Waals surface area contributed by atoms with Gasteiger partial charge in [-0.1, -0.05) is 26.0 Å². The van der Waals surface area contributed by atoms with E-state index < -0.39 is 36.3 Å². The van der Waals surface area contributed by atoms with E-state index in [1.54, 1.807) is 12.1 Å². The van der Waals surface area contributed by atoms with Crippen LogP contribution in [0.1, 0.15) is 53.8 Å². The number of nitrogens with zero attached hydrogens (tertiary/aromatic N) is 2. The van der Waals surface area contributed by atoms with Crippen LogP contribution >= 0.6 is 0 Å². The lowest BCUT2D eigenvalue weighted by atomic mass is 10.0. The number of imide groups is 2. The van der Waals surface area contributed by atoms with Gasteiger partial charge in [-0.2, -0.15) is 0 Å². The Morgan fingerprint density at radius 3 is 2.18 bits per heavy atom. The molecule has 1 aromatic rings. The number of hydrogen-bond acceptors (Lipinski definition) is 6. The Balaban J connectivity index is 1.74. The van der Waals surface area contributed by atoms with E-state index in [0.29, 0.717) is 19.4 Å². The number of carbonyl (C=O) groups excluding carboxylic acids is 5. The van der Waals surface area contributed by atoms with Crippen LogP contribution in [-0.4, -0.2) is 58.6 Å². The maximum atomic E-state index is 12.7. The summed E-state index contributed by atoms with van der Waals surface area (Å²) in [4.78, 5) is 63.8. The summed E-state index contributed by atoms with van der Waals surface area (Å²) < 4.78 is 5.11. The van der Waals surface area contributed by atoms with E-state index >= 15 is 0 Å². The van der Waals surface area contributed by atoms with Crippen molar-refractivity contribution in [1.82, 2.24) is 9.80 Å². The average molecular weight is 386 g/mol. The highest BCUT2D eigenvalue weighted by molar-refractivity contribution is 6.22. The van der Waals surface area contributed by atoms with Crippen molar-refractivity contribution >= 4 is 29.6 Å². The minimum absolute atomic E-state index is 0.00211. The van der Waals surface area contributed by atoms with Crippen molar-refractivity contribution in [3.8, 4) is 0 Å². The van der Waals surface area contributed by atoms with E-state index in [0.717, 1.165) is 9.80 Å². The van der Waals surface area contributed by atoms with Crippen molar-refractivity contribution < 1.29 is 28.7 Å². The first-order valence-electron chi connectivity index (χ1n) is 9.28. The SMILES string of the molecule is CC(C)C[C@@H](C(=O)OCC(=O)N1CCCC1=O)N1C(=O)c2ccccc2C1=O. The van der Waals surface area contributed by atoms with Crippen molar-refractivity contribution in [3.63, 3.8) is 0 Å². The molecule has 28 heavy (non-hydrogen) atoms. The lowest BCUT2D eigenvalue weighted by Gasteiger charge is -2.26. The van der Waals surface area contributed by atoms with Crippen LogP contribution in [0.25, 0.3) is 0 Å². The number of likely N-dealkylation sites (tertiary alicyclic amines) is 1. The first-order valence-corrected chi connectivity index (χ1v) is 9.28. The molecule has 0 aliphatic carbocycles. The van der Waals surface area contributed by atoms with Crippen LogP contribution in [0.15, 0.2) is 24.3 Å². The van der Waals surface area contributed by atoms with E-state index in [9.17, 15) is 24.0 Å². The molecule has 2 aliphatic rings. The standard InChI is InChI=1S/C20H22N2O6/c1-12(2)10-15(20(27)28-11-17(24)21-9-5-8-16(21)23)22-18(25)13-6-3-4-7-14(13)19(22)26/h3-4,6-7,12,15H,5,8-11H2,1-2H3/t15-/m0/s1. The lowest BCUT2D eigenvalue weighted by Crippen LogP contribution is -2.47. The summed E-state index contributed by atoms with van der Waals surface area (Å²) >= 11 is 0. The Labute approximate surface area is 162 Å². The molecule has 0 unspecified atom stereocenters. The molecular weight excluding hydrogens is 364 g/mol. The molecule has 2 aliphatic heterocycles. The van der Waals surface area contributed by atoms with Gasteiger partial charge >= 0.3 is 5.97 Å². The second kappa shape index (κ2) is 7.92. The first-order chi connectivity index (χ1) is 13.3. The predicted octanol–water partition coefficient (Wildman–Crippen LogP) is 1.39. The monoisotopic (exact) mass is 386 g/mol. The molecule has 0 bridgehead atoms. The summed E-state index contributed by atoms with van der Waals surface area (Å²) in [5, 5.41) is 0. The second-order valence-corrected chi connectivity index (χ2v) is 7.32. The number of carbonyl (C=O) groups is 5. The van der Waals surface area contributed by atoms with Crippen molar-refractivity contribution in [1.29, 1.82) is 0 Å². The van der Waals surface area contributed by atoms with Crippen molar-refractivity contribution in [2.75, 3.05) is 13.2 Å². The molecular formula is C20H22N2O6. The zero-order chi connectivity index (χ0) is 20.4. The molecule has 0 N–H and O–H groups in total. The fraction of sp³-hybridized carbons (Fsp3) is 0.450. The van der Waals surface area contributed by atoms with Crippen molar-refractivity contribution in [3.05, 3.63) is 35.4 Å². The fourth-order valence-electron chi connectivity index (χ4n) is 3.46. The second-order valence-electron chi connectivity index (χ2n) is 7.32. The molecule has 148 valence electrons. The molecule has 3 rings (SSSR count). The zero-order valence-electron chi connectivity index (χ0n) is 15.8. The van der Waals surface area contributed by atoms with Crippen LogP contribution in [0.2, 0.25) is 0 Å². The van der Waals surface area contributed by atoms with Gasteiger partial charge in [-0.25, -0.2) is 4.79 Å². The molecule has 8 nitrogen and oxygen atoms in total. The van der Waals surface area contributed by atoms with Gasteiger partial charge in [0.25, 0.3) is 17.7 Å². The number of esters is 1. The topological polar surface area (TPSA) is 101 Å². The van der Waals surface area contributed by atoms with Crippen LogP contribution in [0.5, 0.6) is 0 Å². The zero-order valence-corrected chi connectivity index (χ0v) is 15.8.